The summed E-state index contributed by atoms with van der Waals surface area (Å²) in [5.74, 6) is 1.55. The normalized spacial score (nSPS) is 18.0. The zero-order chi connectivity index (χ0) is 17.2. The molecular weight excluding hydrogens is 314 g/mol. The molecule has 3 heterocycles. The second-order valence-corrected chi connectivity index (χ2v) is 6.82. The van der Waals surface area contributed by atoms with E-state index >= 15 is 0 Å². The lowest BCUT2D eigenvalue weighted by molar-refractivity contribution is 0.0943. The minimum absolute atomic E-state index is 0.0289. The number of amides is 1. The highest BCUT2D eigenvalue weighted by Crippen LogP contribution is 2.18. The Morgan fingerprint density at radius 1 is 1.40 bits per heavy atom. The Bertz CT molecular complexity index is 848. The molecule has 4 rings (SSSR count). The van der Waals surface area contributed by atoms with Crippen molar-refractivity contribution >= 4 is 16.8 Å². The highest BCUT2D eigenvalue weighted by atomic mass is 16.1. The first-order valence-corrected chi connectivity index (χ1v) is 8.73. The maximum Gasteiger partial charge on any atom is 0.267 e. The van der Waals surface area contributed by atoms with E-state index in [0.29, 0.717) is 18.2 Å². The molecule has 0 saturated carbocycles. The molecule has 0 spiro atoms. The number of likely N-dealkylation sites (tertiary alicyclic amines) is 1. The van der Waals surface area contributed by atoms with Gasteiger partial charge in [0.2, 0.25) is 0 Å². The number of imidazole rings is 1. The van der Waals surface area contributed by atoms with Crippen LogP contribution in [0.2, 0.25) is 0 Å². The van der Waals surface area contributed by atoms with Crippen molar-refractivity contribution in [2.75, 3.05) is 19.6 Å². The van der Waals surface area contributed by atoms with Gasteiger partial charge in [-0.3, -0.25) is 9.69 Å². The molecule has 2 N–H and O–H groups in total. The summed E-state index contributed by atoms with van der Waals surface area (Å²) >= 11 is 0. The van der Waals surface area contributed by atoms with Gasteiger partial charge in [0.25, 0.3) is 5.91 Å². The predicted molar refractivity (Wildman–Crippen MR) is 97.2 cm³/mol. The summed E-state index contributed by atoms with van der Waals surface area (Å²) in [6.07, 6.45) is 4.92. The lowest BCUT2D eigenvalue weighted by Crippen LogP contribution is -2.31. The number of nitrogens with zero attached hydrogens (tertiary/aromatic N) is 3. The monoisotopic (exact) mass is 337 g/mol. The van der Waals surface area contributed by atoms with E-state index in [9.17, 15) is 4.79 Å². The van der Waals surface area contributed by atoms with E-state index in [-0.39, 0.29) is 5.91 Å². The Hall–Kier alpha value is -2.60. The summed E-state index contributed by atoms with van der Waals surface area (Å²) in [7, 11) is 2.02. The van der Waals surface area contributed by atoms with Gasteiger partial charge < -0.3 is 14.9 Å². The van der Waals surface area contributed by atoms with Crippen LogP contribution in [0.3, 0.4) is 0 Å². The molecule has 3 aromatic rings. The molecule has 1 aliphatic rings. The van der Waals surface area contributed by atoms with E-state index in [4.69, 9.17) is 0 Å². The molecule has 1 unspecified atom stereocenters. The van der Waals surface area contributed by atoms with Crippen molar-refractivity contribution in [1.29, 1.82) is 0 Å². The lowest BCUT2D eigenvalue weighted by atomic mass is 10.1. The van der Waals surface area contributed by atoms with Crippen molar-refractivity contribution in [3.8, 4) is 0 Å². The number of para-hydroxylation sites is 1. The number of H-pyrrole nitrogens is 1. The second-order valence-electron chi connectivity index (χ2n) is 6.82. The largest absolute Gasteiger partial charge is 0.351 e. The van der Waals surface area contributed by atoms with Crippen molar-refractivity contribution in [2.45, 2.75) is 13.0 Å². The number of rotatable bonds is 5. The van der Waals surface area contributed by atoms with Gasteiger partial charge in [0.1, 0.15) is 11.5 Å². The average molecular weight is 337 g/mol. The van der Waals surface area contributed by atoms with Gasteiger partial charge in [-0.1, -0.05) is 18.2 Å². The molecule has 0 bridgehead atoms. The number of fused-ring (bicyclic) bond motifs is 1. The Kier molecular flexibility index (Phi) is 4.28. The topological polar surface area (TPSA) is 66.0 Å². The van der Waals surface area contributed by atoms with Crippen LogP contribution < -0.4 is 5.32 Å². The van der Waals surface area contributed by atoms with Crippen molar-refractivity contribution in [3.63, 3.8) is 0 Å². The van der Waals surface area contributed by atoms with E-state index in [1.54, 1.807) is 0 Å². The summed E-state index contributed by atoms with van der Waals surface area (Å²) in [5, 5.41) is 4.14. The number of carbonyl (C=O) groups is 1. The molecule has 1 aromatic carbocycles. The van der Waals surface area contributed by atoms with Crippen LogP contribution in [0.5, 0.6) is 0 Å². The number of hydrogen-bond acceptors (Lipinski definition) is 3. The Morgan fingerprint density at radius 2 is 2.28 bits per heavy atom. The van der Waals surface area contributed by atoms with Crippen LogP contribution in [-0.2, 0) is 13.6 Å². The summed E-state index contributed by atoms with van der Waals surface area (Å²) < 4.78 is 2.06. The molecule has 0 aliphatic carbocycles. The standard InChI is InChI=1S/C19H23N5O/c1-23-9-7-20-18(23)13-24-8-6-14(12-24)11-21-19(25)17-10-15-4-2-3-5-16(15)22-17/h2-5,7,9-10,14,22H,6,8,11-13H2,1H3,(H,21,25). The van der Waals surface area contributed by atoms with Crippen LogP contribution in [0.15, 0.2) is 42.7 Å². The number of carbonyl (C=O) groups excluding carboxylic acids is 1. The van der Waals surface area contributed by atoms with Crippen LogP contribution in [-0.4, -0.2) is 45.0 Å². The number of nitrogens with one attached hydrogen (secondary N) is 2. The van der Waals surface area contributed by atoms with Crippen molar-refractivity contribution in [3.05, 3.63) is 54.2 Å². The Labute approximate surface area is 146 Å². The zero-order valence-corrected chi connectivity index (χ0v) is 14.4. The van der Waals surface area contributed by atoms with Gasteiger partial charge in [0, 0.05) is 43.4 Å². The van der Waals surface area contributed by atoms with E-state index in [0.717, 1.165) is 42.8 Å². The highest BCUT2D eigenvalue weighted by Gasteiger charge is 2.24. The molecule has 6 nitrogen and oxygen atoms in total. The van der Waals surface area contributed by atoms with Gasteiger partial charge in [-0.25, -0.2) is 4.98 Å². The molecule has 1 aliphatic heterocycles. The van der Waals surface area contributed by atoms with Gasteiger partial charge in [-0.2, -0.15) is 0 Å². The summed E-state index contributed by atoms with van der Waals surface area (Å²) in [5.41, 5.74) is 1.62. The maximum atomic E-state index is 12.4. The number of aryl methyl sites for hydroxylation is 1. The fourth-order valence-corrected chi connectivity index (χ4v) is 3.50. The highest BCUT2D eigenvalue weighted by molar-refractivity contribution is 5.97. The smallest absolute Gasteiger partial charge is 0.267 e. The number of hydrogen-bond donors (Lipinski definition) is 2. The maximum absolute atomic E-state index is 12.4. The predicted octanol–water partition coefficient (Wildman–Crippen LogP) is 2.15. The average Bonchev–Trinajstić information content (AvgIpc) is 3.33. The van der Waals surface area contributed by atoms with E-state index in [1.165, 1.54) is 0 Å². The first-order valence-electron chi connectivity index (χ1n) is 8.73. The van der Waals surface area contributed by atoms with Gasteiger partial charge >= 0.3 is 0 Å². The van der Waals surface area contributed by atoms with Crippen LogP contribution >= 0.6 is 0 Å². The molecule has 1 fully saturated rings. The second kappa shape index (κ2) is 6.72. The number of aromatic amines is 1. The fourth-order valence-electron chi connectivity index (χ4n) is 3.50. The molecule has 2 aromatic heterocycles. The van der Waals surface area contributed by atoms with E-state index in [2.05, 4.69) is 24.8 Å². The van der Waals surface area contributed by atoms with E-state index < -0.39 is 0 Å². The lowest BCUT2D eigenvalue weighted by Gasteiger charge is -2.16. The fraction of sp³-hybridized carbons (Fsp3) is 0.368. The molecule has 130 valence electrons. The minimum Gasteiger partial charge on any atom is -0.351 e. The van der Waals surface area contributed by atoms with Crippen LogP contribution in [0.4, 0.5) is 0 Å². The zero-order valence-electron chi connectivity index (χ0n) is 14.4. The Balaban J connectivity index is 1.30. The van der Waals surface area contributed by atoms with Crippen LogP contribution in [0.25, 0.3) is 10.9 Å². The first-order chi connectivity index (χ1) is 12.2. The minimum atomic E-state index is -0.0289. The molecule has 1 atom stereocenters. The molecule has 1 amide bonds. The SMILES string of the molecule is Cn1ccnc1CN1CCC(CNC(=O)c2cc3ccccc3[nH]2)C1. The third-order valence-corrected chi connectivity index (χ3v) is 4.98. The van der Waals surface area contributed by atoms with Gasteiger partial charge in [0.15, 0.2) is 0 Å². The molecule has 6 heteroatoms. The van der Waals surface area contributed by atoms with Crippen LogP contribution in [0.1, 0.15) is 22.7 Å². The molecule has 0 radical (unpaired) electrons. The molecule has 25 heavy (non-hydrogen) atoms. The van der Waals surface area contributed by atoms with E-state index in [1.807, 2.05) is 49.8 Å². The number of aromatic nitrogens is 3. The van der Waals surface area contributed by atoms with Crippen molar-refractivity contribution in [1.82, 2.24) is 24.8 Å². The van der Waals surface area contributed by atoms with Gasteiger partial charge in [-0.15, -0.1) is 0 Å². The summed E-state index contributed by atoms with van der Waals surface area (Å²) in [6, 6.07) is 9.85. The molecule has 1 saturated heterocycles. The third kappa shape index (κ3) is 3.44. The Morgan fingerprint density at radius 3 is 3.08 bits per heavy atom. The van der Waals surface area contributed by atoms with Gasteiger partial charge in [-0.05, 0) is 31.0 Å². The van der Waals surface area contributed by atoms with Gasteiger partial charge in [0.05, 0.1) is 6.54 Å². The number of benzene rings is 1. The molecular formula is C19H23N5O. The third-order valence-electron chi connectivity index (χ3n) is 4.98. The van der Waals surface area contributed by atoms with Crippen molar-refractivity contribution in [2.24, 2.45) is 13.0 Å². The quantitative estimate of drug-likeness (QED) is 0.750. The summed E-state index contributed by atoms with van der Waals surface area (Å²) in [4.78, 5) is 22.4. The van der Waals surface area contributed by atoms with Crippen LogP contribution in [0, 0.1) is 5.92 Å². The first kappa shape index (κ1) is 15.9. The summed E-state index contributed by atoms with van der Waals surface area (Å²) in [6.45, 7) is 3.64. The van der Waals surface area contributed by atoms with Crippen molar-refractivity contribution < 1.29 is 4.79 Å².